The maximum Gasteiger partial charge on any atom is 0.244 e. The van der Waals surface area contributed by atoms with E-state index in [0.29, 0.717) is 11.0 Å². The van der Waals surface area contributed by atoms with Crippen LogP contribution in [0.3, 0.4) is 0 Å². The maximum absolute atomic E-state index is 14.1. The Kier molecular flexibility index (Phi) is 5.89. The smallest absolute Gasteiger partial charge is 0.244 e. The lowest BCUT2D eigenvalue weighted by Gasteiger charge is -2.18. The highest BCUT2D eigenvalue weighted by atomic mass is 32.2. The largest absolute Gasteiger partial charge is 0.299 e. The topological polar surface area (TPSA) is 101 Å². The third-order valence-electron chi connectivity index (χ3n) is 4.62. The number of hydrogen-bond acceptors (Lipinski definition) is 6. The Hall–Kier alpha value is -2.69. The monoisotopic (exact) mass is 446 g/mol. The van der Waals surface area contributed by atoms with Crippen LogP contribution in [-0.2, 0) is 21.2 Å². The number of carbonyl (C=O) groups is 1. The number of rotatable bonds is 8. The number of benzene rings is 2. The number of nitrogens with zero attached hydrogens (tertiary/aromatic N) is 2. The van der Waals surface area contributed by atoms with Crippen LogP contribution in [-0.4, -0.2) is 30.6 Å². The Bertz CT molecular complexity index is 1150. The molecular weight excluding hydrogens is 427 g/mol. The van der Waals surface area contributed by atoms with Crippen LogP contribution >= 0.6 is 11.3 Å². The summed E-state index contributed by atoms with van der Waals surface area (Å²) in [5, 5.41) is 11.9. The molecule has 1 fully saturated rings. The van der Waals surface area contributed by atoms with Gasteiger partial charge in [0.25, 0.3) is 0 Å². The third kappa shape index (κ3) is 4.89. The molecule has 3 aromatic rings. The summed E-state index contributed by atoms with van der Waals surface area (Å²) in [6.45, 7) is 0. The van der Waals surface area contributed by atoms with E-state index in [9.17, 15) is 17.6 Å². The van der Waals surface area contributed by atoms with Gasteiger partial charge in [0.2, 0.25) is 21.1 Å². The van der Waals surface area contributed by atoms with E-state index < -0.39 is 32.7 Å². The molecule has 0 saturated heterocycles. The predicted octanol–water partition coefficient (Wildman–Crippen LogP) is 3.08. The first-order valence-electron chi connectivity index (χ1n) is 9.37. The maximum atomic E-state index is 14.1. The average molecular weight is 447 g/mol. The molecule has 0 radical (unpaired) electrons. The van der Waals surface area contributed by atoms with Crippen LogP contribution in [0.2, 0.25) is 0 Å². The molecule has 0 spiro atoms. The van der Waals surface area contributed by atoms with Crippen LogP contribution in [0.1, 0.15) is 29.3 Å². The van der Waals surface area contributed by atoms with E-state index in [2.05, 4.69) is 20.2 Å². The second-order valence-corrected chi connectivity index (χ2v) is 9.69. The second-order valence-electron chi connectivity index (χ2n) is 7.00. The van der Waals surface area contributed by atoms with E-state index in [1.165, 1.54) is 23.5 Å². The Labute approximate surface area is 177 Å². The highest BCUT2D eigenvalue weighted by Gasteiger charge is 2.30. The van der Waals surface area contributed by atoms with Crippen molar-refractivity contribution in [2.45, 2.75) is 36.1 Å². The molecule has 1 atom stereocenters. The summed E-state index contributed by atoms with van der Waals surface area (Å²) in [5.41, 5.74) is 0.754. The number of hydrogen-bond donors (Lipinski definition) is 2. The molecule has 0 unspecified atom stereocenters. The normalized spacial score (nSPS) is 15.0. The number of aromatic nitrogens is 2. The summed E-state index contributed by atoms with van der Waals surface area (Å²) in [4.78, 5) is 12.4. The van der Waals surface area contributed by atoms with E-state index in [4.69, 9.17) is 0 Å². The molecule has 1 saturated carbocycles. The van der Waals surface area contributed by atoms with Crippen LogP contribution < -0.4 is 10.0 Å². The van der Waals surface area contributed by atoms with Crippen LogP contribution in [0.4, 0.5) is 9.52 Å². The fourth-order valence-electron chi connectivity index (χ4n) is 2.92. The van der Waals surface area contributed by atoms with Crippen molar-refractivity contribution < 1.29 is 17.6 Å². The predicted molar refractivity (Wildman–Crippen MR) is 111 cm³/mol. The van der Waals surface area contributed by atoms with Gasteiger partial charge in [-0.15, -0.1) is 10.2 Å². The lowest BCUT2D eigenvalue weighted by molar-refractivity contribution is -0.117. The minimum atomic E-state index is -4.26. The zero-order chi connectivity index (χ0) is 21.1. The molecule has 7 nitrogen and oxygen atoms in total. The standard InChI is InChI=1S/C20H19FN4O3S2/c21-15-8-4-5-9-17(15)30(27,28)25-16(12-13-6-2-1-3-7-13)18(26)22-20-24-23-19(29-20)14-10-11-14/h1-9,14,16,25H,10-12H2,(H,22,24,26)/t16-/m0/s1. The van der Waals surface area contributed by atoms with Gasteiger partial charge in [0, 0.05) is 5.92 Å². The molecule has 2 aromatic carbocycles. The Morgan fingerprint density at radius 3 is 2.50 bits per heavy atom. The summed E-state index contributed by atoms with van der Waals surface area (Å²) >= 11 is 1.28. The summed E-state index contributed by atoms with van der Waals surface area (Å²) in [6, 6.07) is 12.9. The van der Waals surface area contributed by atoms with Crippen LogP contribution in [0.15, 0.2) is 59.5 Å². The number of carbonyl (C=O) groups excluding carboxylic acids is 1. The minimum Gasteiger partial charge on any atom is -0.299 e. The third-order valence-corrected chi connectivity index (χ3v) is 7.13. The number of nitrogens with one attached hydrogen (secondary N) is 2. The number of anilines is 1. The van der Waals surface area contributed by atoms with Crippen molar-refractivity contribution >= 4 is 32.4 Å². The van der Waals surface area contributed by atoms with Crippen LogP contribution in [0.25, 0.3) is 0 Å². The first kappa shape index (κ1) is 20.6. The molecule has 1 aliphatic carbocycles. The van der Waals surface area contributed by atoms with Gasteiger partial charge in [-0.05, 0) is 37.0 Å². The van der Waals surface area contributed by atoms with Gasteiger partial charge in [0.05, 0.1) is 0 Å². The highest BCUT2D eigenvalue weighted by molar-refractivity contribution is 7.89. The fourth-order valence-corrected chi connectivity index (χ4v) is 5.11. The second kappa shape index (κ2) is 8.58. The van der Waals surface area contributed by atoms with Crippen LogP contribution in [0.5, 0.6) is 0 Å². The van der Waals surface area contributed by atoms with Gasteiger partial charge in [0.1, 0.15) is 21.8 Å². The molecule has 1 aromatic heterocycles. The van der Waals surface area contributed by atoms with Gasteiger partial charge in [-0.2, -0.15) is 4.72 Å². The Morgan fingerprint density at radius 2 is 1.80 bits per heavy atom. The number of halogens is 1. The summed E-state index contributed by atoms with van der Waals surface area (Å²) < 4.78 is 41.9. The van der Waals surface area contributed by atoms with Crippen molar-refractivity contribution in [1.82, 2.24) is 14.9 Å². The van der Waals surface area contributed by atoms with Crippen molar-refractivity contribution in [1.29, 1.82) is 0 Å². The summed E-state index contributed by atoms with van der Waals surface area (Å²) in [7, 11) is -4.26. The van der Waals surface area contributed by atoms with Gasteiger partial charge in [-0.25, -0.2) is 12.8 Å². The molecule has 10 heteroatoms. The van der Waals surface area contributed by atoms with E-state index in [0.717, 1.165) is 35.5 Å². The summed E-state index contributed by atoms with van der Waals surface area (Å²) in [6.07, 6.45) is 2.21. The quantitative estimate of drug-likeness (QED) is 0.554. The average Bonchev–Trinajstić information content (AvgIpc) is 3.47. The molecule has 156 valence electrons. The molecule has 30 heavy (non-hydrogen) atoms. The van der Waals surface area contributed by atoms with Crippen molar-refractivity contribution in [2.24, 2.45) is 0 Å². The van der Waals surface area contributed by atoms with Gasteiger partial charge in [-0.1, -0.05) is 53.8 Å². The molecule has 0 bridgehead atoms. The lowest BCUT2D eigenvalue weighted by atomic mass is 10.1. The van der Waals surface area contributed by atoms with Crippen molar-refractivity contribution in [3.05, 3.63) is 71.0 Å². The zero-order valence-corrected chi connectivity index (χ0v) is 17.4. The SMILES string of the molecule is O=C(Nc1nnc(C2CC2)s1)[C@H](Cc1ccccc1)NS(=O)(=O)c1ccccc1F. The van der Waals surface area contributed by atoms with Crippen molar-refractivity contribution in [2.75, 3.05) is 5.32 Å². The number of sulfonamides is 1. The van der Waals surface area contributed by atoms with Crippen molar-refractivity contribution in [3.8, 4) is 0 Å². The van der Waals surface area contributed by atoms with Gasteiger partial charge < -0.3 is 0 Å². The highest BCUT2D eigenvalue weighted by Crippen LogP contribution is 2.42. The fraction of sp³-hybridized carbons (Fsp3) is 0.250. The van der Waals surface area contributed by atoms with E-state index >= 15 is 0 Å². The zero-order valence-electron chi connectivity index (χ0n) is 15.8. The first-order valence-corrected chi connectivity index (χ1v) is 11.7. The van der Waals surface area contributed by atoms with Gasteiger partial charge in [0.15, 0.2) is 0 Å². The lowest BCUT2D eigenvalue weighted by Crippen LogP contribution is -2.45. The summed E-state index contributed by atoms with van der Waals surface area (Å²) in [5.74, 6) is -1.08. The number of amides is 1. The Morgan fingerprint density at radius 1 is 1.10 bits per heavy atom. The molecular formula is C20H19FN4O3S2. The minimum absolute atomic E-state index is 0.0919. The molecule has 1 amide bonds. The van der Waals surface area contributed by atoms with E-state index in [-0.39, 0.29) is 6.42 Å². The Balaban J connectivity index is 1.56. The van der Waals surface area contributed by atoms with Gasteiger partial charge in [-0.3, -0.25) is 10.1 Å². The first-order chi connectivity index (χ1) is 14.4. The molecule has 0 aliphatic heterocycles. The van der Waals surface area contributed by atoms with Gasteiger partial charge >= 0.3 is 0 Å². The van der Waals surface area contributed by atoms with Crippen molar-refractivity contribution in [3.63, 3.8) is 0 Å². The van der Waals surface area contributed by atoms with E-state index in [1.54, 1.807) is 24.3 Å². The molecule has 4 rings (SSSR count). The molecule has 1 aliphatic rings. The molecule has 2 N–H and O–H groups in total. The van der Waals surface area contributed by atoms with Crippen LogP contribution in [0, 0.1) is 5.82 Å². The molecule has 1 heterocycles. The van der Waals surface area contributed by atoms with E-state index in [1.807, 2.05) is 6.07 Å².